The molecule has 0 radical (unpaired) electrons. The number of thiophene rings is 1. The van der Waals surface area contributed by atoms with Gasteiger partial charge in [0.1, 0.15) is 33.4 Å². The van der Waals surface area contributed by atoms with Crippen LogP contribution in [0.5, 0.6) is 0 Å². The van der Waals surface area contributed by atoms with Crippen molar-refractivity contribution >= 4 is 63.7 Å². The first-order valence-electron chi connectivity index (χ1n) is 17.7. The molecule has 1 atom stereocenters. The van der Waals surface area contributed by atoms with Crippen LogP contribution in [0.15, 0.2) is 120 Å². The number of amides is 4. The van der Waals surface area contributed by atoms with Gasteiger partial charge < -0.3 is 25.6 Å². The van der Waals surface area contributed by atoms with Crippen molar-refractivity contribution in [2.24, 2.45) is 0 Å². The number of thioether (sulfide) groups is 1. The molecular formula is C43H38FN5O5S2. The van der Waals surface area contributed by atoms with Crippen LogP contribution in [0, 0.1) is 17.1 Å². The Kier molecular flexibility index (Phi) is 12.3. The molecule has 0 aliphatic carbocycles. The second kappa shape index (κ2) is 17.5. The monoisotopic (exact) mass is 787 g/mol. The average Bonchev–Trinajstić information content (AvgIpc) is 3.53. The molecule has 3 N–H and O–H groups in total. The predicted octanol–water partition coefficient (Wildman–Crippen LogP) is 8.93. The van der Waals surface area contributed by atoms with E-state index in [1.165, 1.54) is 53.4 Å². The van der Waals surface area contributed by atoms with Crippen LogP contribution in [-0.2, 0) is 27.3 Å². The van der Waals surface area contributed by atoms with Crippen molar-refractivity contribution in [3.05, 3.63) is 153 Å². The second-order valence-corrected chi connectivity index (χ2v) is 16.1. The van der Waals surface area contributed by atoms with E-state index < -0.39 is 34.6 Å². The maximum Gasteiger partial charge on any atom is 0.410 e. The molecule has 1 aliphatic rings. The van der Waals surface area contributed by atoms with Crippen molar-refractivity contribution in [2.45, 2.75) is 49.5 Å². The Morgan fingerprint density at radius 1 is 0.929 bits per heavy atom. The zero-order valence-electron chi connectivity index (χ0n) is 30.8. The van der Waals surface area contributed by atoms with E-state index in [0.29, 0.717) is 50.8 Å². The Morgan fingerprint density at radius 3 is 2.30 bits per heavy atom. The lowest BCUT2D eigenvalue weighted by Crippen LogP contribution is -2.39. The molecule has 0 saturated heterocycles. The van der Waals surface area contributed by atoms with Gasteiger partial charge in [0.15, 0.2) is 0 Å². The van der Waals surface area contributed by atoms with Gasteiger partial charge in [-0.2, -0.15) is 5.26 Å². The van der Waals surface area contributed by atoms with E-state index in [1.54, 1.807) is 74.2 Å². The Morgan fingerprint density at radius 2 is 1.62 bits per heavy atom. The molecule has 13 heteroatoms. The molecule has 56 heavy (non-hydrogen) atoms. The molecule has 10 nitrogen and oxygen atoms in total. The van der Waals surface area contributed by atoms with Crippen LogP contribution in [0.2, 0.25) is 0 Å². The molecule has 1 aliphatic heterocycles. The molecule has 2 heterocycles. The van der Waals surface area contributed by atoms with Gasteiger partial charge in [-0.05, 0) is 92.4 Å². The SMILES string of the molecule is CC(C)(C)OC(=O)N1CCc2c(sc(NC(=O)C(Sc3cccc(NC(=O)/C(=C\c4ccc(F)cc4)NC(=O)c4ccccc4)c3)c3ccccc3)c2C#N)C1. The summed E-state index contributed by atoms with van der Waals surface area (Å²) in [6.07, 6.45) is 1.48. The molecule has 0 fully saturated rings. The van der Waals surface area contributed by atoms with E-state index in [9.17, 15) is 28.8 Å². The lowest BCUT2D eigenvalue weighted by Gasteiger charge is -2.29. The number of benzene rings is 4. The van der Waals surface area contributed by atoms with Crippen LogP contribution in [0.3, 0.4) is 0 Å². The Balaban J connectivity index is 1.21. The van der Waals surface area contributed by atoms with E-state index in [1.807, 2.05) is 36.4 Å². The number of halogens is 1. The molecule has 284 valence electrons. The molecule has 1 unspecified atom stereocenters. The van der Waals surface area contributed by atoms with Gasteiger partial charge in [0, 0.05) is 27.6 Å². The number of carbonyl (C=O) groups is 4. The van der Waals surface area contributed by atoms with E-state index in [0.717, 1.165) is 10.4 Å². The van der Waals surface area contributed by atoms with Crippen LogP contribution >= 0.6 is 23.1 Å². The number of rotatable bonds is 10. The zero-order valence-corrected chi connectivity index (χ0v) is 32.4. The number of nitrogens with zero attached hydrogens (tertiary/aromatic N) is 2. The Hall–Kier alpha value is -6.23. The highest BCUT2D eigenvalue weighted by molar-refractivity contribution is 8.00. The van der Waals surface area contributed by atoms with Crippen molar-refractivity contribution in [1.29, 1.82) is 5.26 Å². The van der Waals surface area contributed by atoms with Gasteiger partial charge in [0.05, 0.1) is 12.1 Å². The van der Waals surface area contributed by atoms with Gasteiger partial charge in [-0.1, -0.05) is 66.7 Å². The first kappa shape index (κ1) is 39.5. The number of hydrogen-bond acceptors (Lipinski definition) is 8. The quantitative estimate of drug-likeness (QED) is 0.0949. The summed E-state index contributed by atoms with van der Waals surface area (Å²) in [5, 5.41) is 18.3. The van der Waals surface area contributed by atoms with E-state index >= 15 is 0 Å². The normalized spacial score (nSPS) is 13.1. The van der Waals surface area contributed by atoms with Crippen molar-refractivity contribution in [2.75, 3.05) is 17.2 Å². The lowest BCUT2D eigenvalue weighted by atomic mass is 10.0. The van der Waals surface area contributed by atoms with Crippen LogP contribution in [0.4, 0.5) is 19.9 Å². The standard InChI is InChI=1S/C43H38FN5O5S2/c1-43(2,3)54-42(53)49-22-21-33-34(25-45)41(56-36(33)26-49)48-40(52)37(28-11-6-4-7-12-28)55-32-16-10-15-31(24-32)46-39(51)35(23-27-17-19-30(44)20-18-27)47-38(50)29-13-8-5-9-14-29/h4-20,23-24,37H,21-22,26H2,1-3H3,(H,46,51)(H,47,50)(H,48,52)/b35-23+. The maximum absolute atomic E-state index is 14.1. The maximum atomic E-state index is 14.1. The Labute approximate surface area is 332 Å². The highest BCUT2D eigenvalue weighted by Crippen LogP contribution is 2.41. The molecular weight excluding hydrogens is 750 g/mol. The average molecular weight is 788 g/mol. The highest BCUT2D eigenvalue weighted by atomic mass is 32.2. The molecule has 4 amide bonds. The summed E-state index contributed by atoms with van der Waals surface area (Å²) in [4.78, 5) is 56.8. The lowest BCUT2D eigenvalue weighted by molar-refractivity contribution is -0.116. The van der Waals surface area contributed by atoms with Crippen LogP contribution in [-0.4, -0.2) is 40.9 Å². The van der Waals surface area contributed by atoms with Crippen molar-refractivity contribution < 1.29 is 28.3 Å². The number of nitriles is 1. The van der Waals surface area contributed by atoms with Crippen molar-refractivity contribution in [3.63, 3.8) is 0 Å². The molecule has 0 spiro atoms. The summed E-state index contributed by atoms with van der Waals surface area (Å²) in [5.41, 5.74) is 2.45. The summed E-state index contributed by atoms with van der Waals surface area (Å²) in [7, 11) is 0. The van der Waals surface area contributed by atoms with Gasteiger partial charge in [-0.25, -0.2) is 9.18 Å². The van der Waals surface area contributed by atoms with Crippen LogP contribution < -0.4 is 16.0 Å². The molecule has 1 aromatic heterocycles. The third-order valence-corrected chi connectivity index (χ3v) is 10.8. The van der Waals surface area contributed by atoms with E-state index in [2.05, 4.69) is 22.0 Å². The highest BCUT2D eigenvalue weighted by Gasteiger charge is 2.31. The first-order chi connectivity index (χ1) is 26.9. The minimum atomic E-state index is -0.759. The fraction of sp³-hybridized carbons (Fsp3) is 0.186. The molecule has 0 bridgehead atoms. The second-order valence-electron chi connectivity index (χ2n) is 13.8. The largest absolute Gasteiger partial charge is 0.444 e. The van der Waals surface area contributed by atoms with Crippen LogP contribution in [0.1, 0.15) is 63.5 Å². The molecule has 0 saturated carbocycles. The number of anilines is 2. The molecule has 4 aromatic carbocycles. The molecule has 6 rings (SSSR count). The third kappa shape index (κ3) is 10.1. The topological polar surface area (TPSA) is 141 Å². The minimum absolute atomic E-state index is 0.0637. The van der Waals surface area contributed by atoms with Gasteiger partial charge in [0.25, 0.3) is 11.8 Å². The zero-order chi connectivity index (χ0) is 39.8. The van der Waals surface area contributed by atoms with Gasteiger partial charge >= 0.3 is 6.09 Å². The van der Waals surface area contributed by atoms with Crippen molar-refractivity contribution in [1.82, 2.24) is 10.2 Å². The fourth-order valence-electron chi connectivity index (χ4n) is 5.82. The van der Waals surface area contributed by atoms with Gasteiger partial charge in [-0.15, -0.1) is 23.1 Å². The number of hydrogen-bond donors (Lipinski definition) is 3. The summed E-state index contributed by atoms with van der Waals surface area (Å²) >= 11 is 2.53. The van der Waals surface area contributed by atoms with Gasteiger partial charge in [0.2, 0.25) is 5.91 Å². The summed E-state index contributed by atoms with van der Waals surface area (Å²) < 4.78 is 19.2. The number of fused-ring (bicyclic) bond motifs is 1. The van der Waals surface area contributed by atoms with E-state index in [4.69, 9.17) is 4.74 Å². The van der Waals surface area contributed by atoms with Crippen molar-refractivity contribution in [3.8, 4) is 6.07 Å². The first-order valence-corrected chi connectivity index (χ1v) is 19.4. The number of ether oxygens (including phenoxy) is 1. The summed E-state index contributed by atoms with van der Waals surface area (Å²) in [6.45, 7) is 6.08. The fourth-order valence-corrected chi connectivity index (χ4v) is 8.12. The smallest absolute Gasteiger partial charge is 0.410 e. The summed E-state index contributed by atoms with van der Waals surface area (Å²) in [6, 6.07) is 32.4. The summed E-state index contributed by atoms with van der Waals surface area (Å²) in [5.74, 6) is -1.91. The predicted molar refractivity (Wildman–Crippen MR) is 216 cm³/mol. The number of nitrogens with one attached hydrogen (secondary N) is 3. The molecule has 5 aromatic rings. The minimum Gasteiger partial charge on any atom is -0.444 e. The van der Waals surface area contributed by atoms with E-state index in [-0.39, 0.29) is 18.1 Å². The van der Waals surface area contributed by atoms with Gasteiger partial charge in [-0.3, -0.25) is 14.4 Å². The van der Waals surface area contributed by atoms with Crippen LogP contribution in [0.25, 0.3) is 6.08 Å². The Bertz CT molecular complexity index is 2320. The number of carbonyl (C=O) groups excluding carboxylic acids is 4. The third-order valence-electron chi connectivity index (χ3n) is 8.45.